The summed E-state index contributed by atoms with van der Waals surface area (Å²) in [6.45, 7) is 4.34. The second-order valence-electron chi connectivity index (χ2n) is 3.90. The van der Waals surface area contributed by atoms with Crippen molar-refractivity contribution in [2.45, 2.75) is 39.5 Å². The zero-order valence-electron chi connectivity index (χ0n) is 9.42. The van der Waals surface area contributed by atoms with Crippen molar-refractivity contribution >= 4 is 5.95 Å². The zero-order chi connectivity index (χ0) is 11.3. The first-order valence-electron chi connectivity index (χ1n) is 5.51. The normalized spacial score (nSPS) is 12.7. The van der Waals surface area contributed by atoms with Crippen LogP contribution >= 0.6 is 0 Å². The Morgan fingerprint density at radius 1 is 1.53 bits per heavy atom. The predicted octanol–water partition coefficient (Wildman–Crippen LogP) is 1.72. The Hall–Kier alpha value is -1.32. The number of anilines is 1. The molecule has 0 aliphatic rings. The monoisotopic (exact) mass is 209 g/mol. The molecule has 0 saturated heterocycles. The van der Waals surface area contributed by atoms with E-state index in [2.05, 4.69) is 23.8 Å². The first kappa shape index (κ1) is 11.8. The molecule has 1 rings (SSSR count). The minimum absolute atomic E-state index is 0.212. The highest BCUT2D eigenvalue weighted by Gasteiger charge is 2.07. The molecule has 0 amide bonds. The van der Waals surface area contributed by atoms with Gasteiger partial charge in [-0.05, 0) is 12.3 Å². The molecule has 84 valence electrons. The number of nitrogen functional groups attached to an aromatic ring is 1. The Labute approximate surface area is 89.9 Å². The van der Waals surface area contributed by atoms with Gasteiger partial charge in [0.05, 0.1) is 0 Å². The van der Waals surface area contributed by atoms with Gasteiger partial charge in [0.25, 0.3) is 5.56 Å². The predicted molar refractivity (Wildman–Crippen MR) is 61.7 cm³/mol. The number of H-pyrrole nitrogens is 1. The Kier molecular flexibility index (Phi) is 4.34. The number of hydrogen-bond donors (Lipinski definition) is 2. The number of nitrogens with two attached hydrogens (primary N) is 1. The van der Waals surface area contributed by atoms with Gasteiger partial charge in [0, 0.05) is 11.8 Å². The van der Waals surface area contributed by atoms with Crippen LogP contribution in [-0.4, -0.2) is 9.97 Å². The molecule has 3 N–H and O–H groups in total. The van der Waals surface area contributed by atoms with E-state index in [-0.39, 0.29) is 11.5 Å². The fourth-order valence-electron chi connectivity index (χ4n) is 1.81. The van der Waals surface area contributed by atoms with Crippen molar-refractivity contribution in [2.75, 3.05) is 5.73 Å². The van der Waals surface area contributed by atoms with E-state index in [0.29, 0.717) is 5.92 Å². The molecule has 0 aliphatic carbocycles. The van der Waals surface area contributed by atoms with Crippen LogP contribution in [0.5, 0.6) is 0 Å². The van der Waals surface area contributed by atoms with E-state index in [1.807, 2.05) is 0 Å². The molecule has 1 unspecified atom stereocenters. The van der Waals surface area contributed by atoms with Gasteiger partial charge in [-0.15, -0.1) is 0 Å². The molecular weight excluding hydrogens is 190 g/mol. The van der Waals surface area contributed by atoms with Gasteiger partial charge in [0.1, 0.15) is 0 Å². The third kappa shape index (κ3) is 3.73. The van der Waals surface area contributed by atoms with Gasteiger partial charge >= 0.3 is 0 Å². The first-order chi connectivity index (χ1) is 7.15. The van der Waals surface area contributed by atoms with Crippen LogP contribution < -0.4 is 11.3 Å². The fraction of sp³-hybridized carbons (Fsp3) is 0.636. The molecule has 1 atom stereocenters. The molecule has 0 aromatic carbocycles. The van der Waals surface area contributed by atoms with Gasteiger partial charge in [-0.2, -0.15) is 4.98 Å². The summed E-state index contributed by atoms with van der Waals surface area (Å²) in [4.78, 5) is 17.6. The third-order valence-electron chi connectivity index (χ3n) is 2.60. The molecule has 15 heavy (non-hydrogen) atoms. The molecule has 1 aromatic rings. The zero-order valence-corrected chi connectivity index (χ0v) is 9.42. The summed E-state index contributed by atoms with van der Waals surface area (Å²) < 4.78 is 0. The van der Waals surface area contributed by atoms with E-state index in [0.717, 1.165) is 18.5 Å². The van der Waals surface area contributed by atoms with E-state index in [1.165, 1.54) is 18.9 Å². The standard InChI is InChI=1S/C11H19N3O/c1-3-5-8(4-2)6-9-7-10(15)14-11(12)13-9/h7-8H,3-6H2,1-2H3,(H3,12,13,14,15). The Balaban J connectivity index is 2.74. The van der Waals surface area contributed by atoms with Crippen molar-refractivity contribution in [3.05, 3.63) is 22.1 Å². The van der Waals surface area contributed by atoms with Gasteiger partial charge in [0.2, 0.25) is 5.95 Å². The number of nitrogens with one attached hydrogen (secondary N) is 1. The second-order valence-corrected chi connectivity index (χ2v) is 3.90. The summed E-state index contributed by atoms with van der Waals surface area (Å²) >= 11 is 0. The maximum atomic E-state index is 11.1. The molecule has 0 aliphatic heterocycles. The number of rotatable bonds is 5. The summed E-state index contributed by atoms with van der Waals surface area (Å²) in [5.41, 5.74) is 6.12. The lowest BCUT2D eigenvalue weighted by molar-refractivity contribution is 0.457. The van der Waals surface area contributed by atoms with E-state index in [1.54, 1.807) is 0 Å². The SMILES string of the molecule is CCCC(CC)Cc1cc(=O)nc(N)[nH]1. The summed E-state index contributed by atoms with van der Waals surface area (Å²) in [5.74, 6) is 0.830. The topological polar surface area (TPSA) is 71.8 Å². The van der Waals surface area contributed by atoms with Crippen LogP contribution in [0.15, 0.2) is 10.9 Å². The van der Waals surface area contributed by atoms with Crippen molar-refractivity contribution in [1.29, 1.82) is 0 Å². The number of nitrogens with zero attached hydrogens (tertiary/aromatic N) is 1. The highest BCUT2D eigenvalue weighted by molar-refractivity contribution is 5.17. The largest absolute Gasteiger partial charge is 0.369 e. The first-order valence-corrected chi connectivity index (χ1v) is 5.51. The molecule has 1 aromatic heterocycles. The molecule has 0 spiro atoms. The molecule has 0 bridgehead atoms. The maximum absolute atomic E-state index is 11.1. The van der Waals surface area contributed by atoms with E-state index < -0.39 is 0 Å². The van der Waals surface area contributed by atoms with Crippen LogP contribution in [0, 0.1) is 5.92 Å². The van der Waals surface area contributed by atoms with Crippen LogP contribution in [0.1, 0.15) is 38.8 Å². The Morgan fingerprint density at radius 3 is 2.80 bits per heavy atom. The van der Waals surface area contributed by atoms with Crippen molar-refractivity contribution in [3.63, 3.8) is 0 Å². The highest BCUT2D eigenvalue weighted by atomic mass is 16.1. The van der Waals surface area contributed by atoms with Crippen molar-refractivity contribution in [3.8, 4) is 0 Å². The highest BCUT2D eigenvalue weighted by Crippen LogP contribution is 2.15. The lowest BCUT2D eigenvalue weighted by Gasteiger charge is -2.13. The molecule has 4 nitrogen and oxygen atoms in total. The van der Waals surface area contributed by atoms with Gasteiger partial charge in [-0.3, -0.25) is 4.79 Å². The Morgan fingerprint density at radius 2 is 2.27 bits per heavy atom. The molecule has 0 saturated carbocycles. The number of hydrogen-bond acceptors (Lipinski definition) is 3. The van der Waals surface area contributed by atoms with Crippen molar-refractivity contribution in [1.82, 2.24) is 9.97 Å². The molecule has 4 heteroatoms. The van der Waals surface area contributed by atoms with Crippen molar-refractivity contribution in [2.24, 2.45) is 5.92 Å². The smallest absolute Gasteiger partial charge is 0.274 e. The van der Waals surface area contributed by atoms with Crippen LogP contribution in [0.2, 0.25) is 0 Å². The Bertz CT molecular complexity index is 359. The summed E-state index contributed by atoms with van der Waals surface area (Å²) in [5, 5.41) is 0. The van der Waals surface area contributed by atoms with Gasteiger partial charge < -0.3 is 10.7 Å². The van der Waals surface area contributed by atoms with Gasteiger partial charge in [-0.25, -0.2) is 0 Å². The van der Waals surface area contributed by atoms with E-state index in [4.69, 9.17) is 5.73 Å². The van der Waals surface area contributed by atoms with Crippen LogP contribution in [-0.2, 0) is 6.42 Å². The van der Waals surface area contributed by atoms with Crippen LogP contribution in [0.3, 0.4) is 0 Å². The van der Waals surface area contributed by atoms with Gasteiger partial charge in [0.15, 0.2) is 0 Å². The molecule has 0 fully saturated rings. The summed E-state index contributed by atoms with van der Waals surface area (Å²) in [7, 11) is 0. The molecule has 0 radical (unpaired) electrons. The summed E-state index contributed by atoms with van der Waals surface area (Å²) in [6, 6.07) is 1.54. The van der Waals surface area contributed by atoms with E-state index >= 15 is 0 Å². The summed E-state index contributed by atoms with van der Waals surface area (Å²) in [6.07, 6.45) is 4.36. The average molecular weight is 209 g/mol. The lowest BCUT2D eigenvalue weighted by atomic mass is 9.95. The molecule has 1 heterocycles. The second kappa shape index (κ2) is 5.53. The minimum Gasteiger partial charge on any atom is -0.369 e. The minimum atomic E-state index is -0.257. The number of aromatic nitrogens is 2. The van der Waals surface area contributed by atoms with E-state index in [9.17, 15) is 4.79 Å². The quantitative estimate of drug-likeness (QED) is 0.775. The lowest BCUT2D eigenvalue weighted by Crippen LogP contribution is -2.14. The fourth-order valence-corrected chi connectivity index (χ4v) is 1.81. The van der Waals surface area contributed by atoms with Gasteiger partial charge in [-0.1, -0.05) is 33.1 Å². The third-order valence-corrected chi connectivity index (χ3v) is 2.60. The van der Waals surface area contributed by atoms with Crippen LogP contribution in [0.25, 0.3) is 0 Å². The molecular formula is C11H19N3O. The van der Waals surface area contributed by atoms with Crippen molar-refractivity contribution < 1.29 is 0 Å². The number of aromatic amines is 1. The average Bonchev–Trinajstić information content (AvgIpc) is 2.15. The maximum Gasteiger partial charge on any atom is 0.274 e. The van der Waals surface area contributed by atoms with Crippen LogP contribution in [0.4, 0.5) is 5.95 Å².